The van der Waals surface area contributed by atoms with E-state index < -0.39 is 0 Å². The molecule has 0 heterocycles. The first-order chi connectivity index (χ1) is 10.1. The zero-order chi connectivity index (χ0) is 15.7. The average molecular weight is 422 g/mol. The molecule has 0 amide bonds. The minimum absolute atomic E-state index is 0.345. The normalized spacial score (nSPS) is 12.2. The number of hydrogen-bond donors (Lipinski definition) is 0. The summed E-state index contributed by atoms with van der Waals surface area (Å²) in [4.78, 5) is 0.345. The first kappa shape index (κ1) is 18.8. The van der Waals surface area contributed by atoms with E-state index in [0.29, 0.717) is 4.83 Å². The van der Waals surface area contributed by atoms with Crippen molar-refractivity contribution in [2.75, 3.05) is 14.2 Å². The molecule has 0 saturated heterocycles. The van der Waals surface area contributed by atoms with E-state index in [2.05, 4.69) is 44.8 Å². The van der Waals surface area contributed by atoms with Gasteiger partial charge in [0, 0.05) is 9.30 Å². The maximum atomic E-state index is 5.39. The average Bonchev–Trinajstić information content (AvgIpc) is 2.50. The van der Waals surface area contributed by atoms with E-state index in [9.17, 15) is 0 Å². The molecule has 0 aliphatic heterocycles. The molecular weight excluding hydrogens is 396 g/mol. The quantitative estimate of drug-likeness (QED) is 0.310. The Balaban J connectivity index is 2.55. The number of unbranched alkanes of at least 4 members (excludes halogenated alkanes) is 5. The molecule has 1 aromatic rings. The topological polar surface area (TPSA) is 18.5 Å². The van der Waals surface area contributed by atoms with Crippen LogP contribution in [0.2, 0.25) is 0 Å². The number of alkyl halides is 1. The molecule has 0 bridgehead atoms. The highest BCUT2D eigenvalue weighted by Crippen LogP contribution is 2.40. The van der Waals surface area contributed by atoms with Crippen molar-refractivity contribution in [2.45, 2.75) is 56.7 Å². The van der Waals surface area contributed by atoms with E-state index >= 15 is 0 Å². The standard InChI is InChI=1S/C17H26Br2O2/c1-4-5-6-7-8-9-10-14(18)13-11-16(20-2)17(21-3)12-15(13)19/h11-12,14H,4-10H2,1-3H3. The highest BCUT2D eigenvalue weighted by Gasteiger charge is 2.15. The van der Waals surface area contributed by atoms with Crippen molar-refractivity contribution in [1.82, 2.24) is 0 Å². The van der Waals surface area contributed by atoms with Crippen molar-refractivity contribution >= 4 is 31.9 Å². The molecule has 1 atom stereocenters. The van der Waals surface area contributed by atoms with Gasteiger partial charge in [0.15, 0.2) is 11.5 Å². The second kappa shape index (κ2) is 10.5. The second-order valence-corrected chi connectivity index (χ2v) is 7.21. The minimum atomic E-state index is 0.345. The van der Waals surface area contributed by atoms with Gasteiger partial charge in [0.1, 0.15) is 0 Å². The van der Waals surface area contributed by atoms with Crippen molar-refractivity contribution in [3.8, 4) is 11.5 Å². The third-order valence-electron chi connectivity index (χ3n) is 3.65. The van der Waals surface area contributed by atoms with Gasteiger partial charge in [-0.2, -0.15) is 0 Å². The summed E-state index contributed by atoms with van der Waals surface area (Å²) in [6, 6.07) is 4.03. The summed E-state index contributed by atoms with van der Waals surface area (Å²) >= 11 is 7.43. The molecule has 0 spiro atoms. The van der Waals surface area contributed by atoms with Gasteiger partial charge < -0.3 is 9.47 Å². The number of ether oxygens (including phenoxy) is 2. The largest absolute Gasteiger partial charge is 0.493 e. The van der Waals surface area contributed by atoms with E-state index in [1.54, 1.807) is 14.2 Å². The Labute approximate surface area is 145 Å². The number of hydrogen-bond acceptors (Lipinski definition) is 2. The van der Waals surface area contributed by atoms with Crippen LogP contribution in [0.15, 0.2) is 16.6 Å². The molecular formula is C17H26Br2O2. The lowest BCUT2D eigenvalue weighted by molar-refractivity contribution is 0.354. The van der Waals surface area contributed by atoms with Crippen molar-refractivity contribution in [2.24, 2.45) is 0 Å². The summed E-state index contributed by atoms with van der Waals surface area (Å²) in [7, 11) is 3.33. The van der Waals surface area contributed by atoms with Gasteiger partial charge in [0.2, 0.25) is 0 Å². The molecule has 120 valence electrons. The first-order valence-electron chi connectivity index (χ1n) is 7.69. The molecule has 1 rings (SSSR count). The molecule has 0 aliphatic carbocycles. The Bertz CT molecular complexity index is 421. The van der Waals surface area contributed by atoms with E-state index in [1.807, 2.05) is 6.07 Å². The lowest BCUT2D eigenvalue weighted by Gasteiger charge is -2.16. The Morgan fingerprint density at radius 1 is 0.952 bits per heavy atom. The molecule has 0 N–H and O–H groups in total. The Morgan fingerprint density at radius 3 is 2.14 bits per heavy atom. The van der Waals surface area contributed by atoms with Crippen LogP contribution in [-0.4, -0.2) is 14.2 Å². The fourth-order valence-corrected chi connectivity index (χ4v) is 3.98. The summed E-state index contributed by atoms with van der Waals surface area (Å²) in [5.74, 6) is 1.54. The number of halogens is 2. The Hall–Kier alpha value is -0.220. The predicted molar refractivity (Wildman–Crippen MR) is 96.9 cm³/mol. The maximum Gasteiger partial charge on any atom is 0.161 e. The third-order valence-corrected chi connectivity index (χ3v) is 5.29. The third kappa shape index (κ3) is 6.19. The van der Waals surface area contributed by atoms with Gasteiger partial charge in [-0.05, 0) is 24.1 Å². The summed E-state index contributed by atoms with van der Waals surface area (Å²) in [6.07, 6.45) is 9.08. The SMILES string of the molecule is CCCCCCCCC(Br)c1cc(OC)c(OC)cc1Br. The molecule has 1 aromatic carbocycles. The van der Waals surface area contributed by atoms with Gasteiger partial charge in [0.25, 0.3) is 0 Å². The fourth-order valence-electron chi connectivity index (χ4n) is 2.37. The van der Waals surface area contributed by atoms with E-state index in [4.69, 9.17) is 9.47 Å². The van der Waals surface area contributed by atoms with Gasteiger partial charge in [-0.3, -0.25) is 0 Å². The first-order valence-corrected chi connectivity index (χ1v) is 9.40. The second-order valence-electron chi connectivity index (χ2n) is 5.25. The van der Waals surface area contributed by atoms with Gasteiger partial charge in [-0.25, -0.2) is 0 Å². The zero-order valence-corrected chi connectivity index (χ0v) is 16.4. The van der Waals surface area contributed by atoms with Gasteiger partial charge in [-0.15, -0.1) is 0 Å². The van der Waals surface area contributed by atoms with Gasteiger partial charge >= 0.3 is 0 Å². The Kier molecular flexibility index (Phi) is 9.41. The number of rotatable bonds is 10. The smallest absolute Gasteiger partial charge is 0.161 e. The van der Waals surface area contributed by atoms with E-state index in [0.717, 1.165) is 22.4 Å². The molecule has 2 nitrogen and oxygen atoms in total. The molecule has 1 unspecified atom stereocenters. The van der Waals surface area contributed by atoms with Crippen molar-refractivity contribution in [1.29, 1.82) is 0 Å². The molecule has 0 aliphatic rings. The van der Waals surface area contributed by atoms with Crippen LogP contribution < -0.4 is 9.47 Å². The summed E-state index contributed by atoms with van der Waals surface area (Å²) in [6.45, 7) is 2.25. The van der Waals surface area contributed by atoms with Crippen LogP contribution in [0, 0.1) is 0 Å². The highest BCUT2D eigenvalue weighted by atomic mass is 79.9. The molecule has 0 fully saturated rings. The van der Waals surface area contributed by atoms with E-state index in [1.165, 1.54) is 44.1 Å². The fraction of sp³-hybridized carbons (Fsp3) is 0.647. The number of benzene rings is 1. The number of methoxy groups -OCH3 is 2. The summed E-state index contributed by atoms with van der Waals surface area (Å²) in [5.41, 5.74) is 1.22. The molecule has 0 saturated carbocycles. The van der Waals surface area contributed by atoms with Crippen molar-refractivity contribution in [3.63, 3.8) is 0 Å². The molecule has 0 radical (unpaired) electrons. The zero-order valence-electron chi connectivity index (χ0n) is 13.3. The van der Waals surface area contributed by atoms with Crippen LogP contribution in [0.4, 0.5) is 0 Å². The summed E-state index contributed by atoms with van der Waals surface area (Å²) < 4.78 is 11.8. The lowest BCUT2D eigenvalue weighted by Crippen LogP contribution is -1.97. The molecule has 4 heteroatoms. The van der Waals surface area contributed by atoms with Crippen LogP contribution in [0.5, 0.6) is 11.5 Å². The molecule has 21 heavy (non-hydrogen) atoms. The summed E-state index contributed by atoms with van der Waals surface area (Å²) in [5, 5.41) is 0. The van der Waals surface area contributed by atoms with Crippen LogP contribution in [0.1, 0.15) is 62.3 Å². The van der Waals surface area contributed by atoms with Crippen molar-refractivity contribution < 1.29 is 9.47 Å². The van der Waals surface area contributed by atoms with E-state index in [-0.39, 0.29) is 0 Å². The Morgan fingerprint density at radius 2 is 1.52 bits per heavy atom. The van der Waals surface area contributed by atoms with Crippen LogP contribution in [0.3, 0.4) is 0 Å². The maximum absolute atomic E-state index is 5.39. The van der Waals surface area contributed by atoms with Crippen molar-refractivity contribution in [3.05, 3.63) is 22.2 Å². The van der Waals surface area contributed by atoms with Gasteiger partial charge in [0.05, 0.1) is 14.2 Å². The van der Waals surface area contributed by atoms with Crippen LogP contribution >= 0.6 is 31.9 Å². The monoisotopic (exact) mass is 420 g/mol. The van der Waals surface area contributed by atoms with Crippen LogP contribution in [0.25, 0.3) is 0 Å². The predicted octanol–water partition coefficient (Wildman–Crippen LogP) is 6.65. The minimum Gasteiger partial charge on any atom is -0.493 e. The highest BCUT2D eigenvalue weighted by molar-refractivity contribution is 9.11. The van der Waals surface area contributed by atoms with Gasteiger partial charge in [-0.1, -0.05) is 77.3 Å². The molecule has 0 aromatic heterocycles. The lowest BCUT2D eigenvalue weighted by atomic mass is 10.0. The van der Waals surface area contributed by atoms with Crippen LogP contribution in [-0.2, 0) is 0 Å².